The summed E-state index contributed by atoms with van der Waals surface area (Å²) in [5, 5.41) is 13.0. The Morgan fingerprint density at radius 3 is 1.25 bits per heavy atom. The zero-order chi connectivity index (χ0) is 35.3. The highest BCUT2D eigenvalue weighted by molar-refractivity contribution is 6.26. The summed E-state index contributed by atoms with van der Waals surface area (Å²) in [6.07, 6.45) is 0. The number of hydrogen-bond donors (Lipinski definition) is 0. The Morgan fingerprint density at radius 1 is 0.264 bits per heavy atom. The molecular formula is C53H36. The van der Waals surface area contributed by atoms with Crippen molar-refractivity contribution in [2.75, 3.05) is 0 Å². The molecule has 53 heavy (non-hydrogen) atoms. The molecule has 0 N–H and O–H groups in total. The molecule has 0 nitrogen and oxygen atoms in total. The second kappa shape index (κ2) is 11.2. The monoisotopic (exact) mass is 672 g/mol. The Kier molecular flexibility index (Phi) is 6.40. The number of hydrogen-bond acceptors (Lipinski definition) is 0. The molecule has 0 aliphatic heterocycles. The van der Waals surface area contributed by atoms with E-state index in [9.17, 15) is 0 Å². The highest BCUT2D eigenvalue weighted by Gasteiger charge is 2.36. The van der Waals surface area contributed by atoms with Crippen LogP contribution >= 0.6 is 0 Å². The van der Waals surface area contributed by atoms with Gasteiger partial charge >= 0.3 is 0 Å². The second-order valence-electron chi connectivity index (χ2n) is 15.2. The summed E-state index contributed by atoms with van der Waals surface area (Å²) in [6.45, 7) is 4.80. The zero-order valence-corrected chi connectivity index (χ0v) is 29.8. The summed E-state index contributed by atoms with van der Waals surface area (Å²) >= 11 is 0. The van der Waals surface area contributed by atoms with Gasteiger partial charge in [0.2, 0.25) is 0 Å². The van der Waals surface area contributed by atoms with Crippen LogP contribution in [0.25, 0.3) is 98.4 Å². The van der Waals surface area contributed by atoms with Crippen LogP contribution in [0.15, 0.2) is 182 Å². The number of fused-ring (bicyclic) bond motifs is 11. The fourth-order valence-electron chi connectivity index (χ4n) is 9.54. The maximum absolute atomic E-state index is 2.50. The fourth-order valence-corrected chi connectivity index (χ4v) is 9.54. The van der Waals surface area contributed by atoms with E-state index in [0.717, 1.165) is 0 Å². The molecule has 0 heteroatoms. The third-order valence-corrected chi connectivity index (χ3v) is 12.0. The van der Waals surface area contributed by atoms with E-state index in [1.165, 1.54) is 109 Å². The van der Waals surface area contributed by atoms with Gasteiger partial charge in [-0.1, -0.05) is 172 Å². The molecule has 0 fully saturated rings. The molecule has 0 aromatic heterocycles. The lowest BCUT2D eigenvalue weighted by atomic mass is 9.80. The largest absolute Gasteiger partial charge is 0.0622 e. The SMILES string of the molecule is CC1(C)c2ccc(-c3c4ccccc4c(-c4cccc(-c5ccccc5)c4)c4ccccc34)cc2-c2cc3c4ccccc4c4ccccc4c3cc21. The van der Waals surface area contributed by atoms with E-state index in [1.807, 2.05) is 0 Å². The van der Waals surface area contributed by atoms with E-state index >= 15 is 0 Å². The van der Waals surface area contributed by atoms with Crippen molar-refractivity contribution in [2.24, 2.45) is 0 Å². The highest BCUT2D eigenvalue weighted by atomic mass is 14.4. The van der Waals surface area contributed by atoms with Crippen molar-refractivity contribution < 1.29 is 0 Å². The minimum atomic E-state index is -0.123. The van der Waals surface area contributed by atoms with Crippen molar-refractivity contribution >= 4 is 53.9 Å². The summed E-state index contributed by atoms with van der Waals surface area (Å²) in [5.74, 6) is 0. The van der Waals surface area contributed by atoms with E-state index in [2.05, 4.69) is 196 Å². The average Bonchev–Trinajstić information content (AvgIpc) is 3.44. The van der Waals surface area contributed by atoms with Gasteiger partial charge in [0.15, 0.2) is 0 Å². The molecule has 0 saturated heterocycles. The van der Waals surface area contributed by atoms with E-state index in [-0.39, 0.29) is 5.41 Å². The maximum Gasteiger partial charge on any atom is 0.0159 e. The molecular weight excluding hydrogens is 637 g/mol. The Morgan fingerprint density at radius 2 is 0.679 bits per heavy atom. The molecule has 0 heterocycles. The molecule has 11 rings (SSSR count). The van der Waals surface area contributed by atoms with Crippen LogP contribution in [0.5, 0.6) is 0 Å². The van der Waals surface area contributed by atoms with Gasteiger partial charge in [-0.05, 0) is 134 Å². The van der Waals surface area contributed by atoms with Crippen LogP contribution < -0.4 is 0 Å². The third-order valence-electron chi connectivity index (χ3n) is 12.0. The molecule has 248 valence electrons. The summed E-state index contributed by atoms with van der Waals surface area (Å²) in [4.78, 5) is 0. The lowest BCUT2D eigenvalue weighted by molar-refractivity contribution is 0.661. The lowest BCUT2D eigenvalue weighted by Crippen LogP contribution is -2.14. The van der Waals surface area contributed by atoms with E-state index in [4.69, 9.17) is 0 Å². The van der Waals surface area contributed by atoms with Crippen molar-refractivity contribution in [3.63, 3.8) is 0 Å². The van der Waals surface area contributed by atoms with Gasteiger partial charge in [-0.15, -0.1) is 0 Å². The van der Waals surface area contributed by atoms with Gasteiger partial charge in [-0.2, -0.15) is 0 Å². The van der Waals surface area contributed by atoms with Gasteiger partial charge in [-0.25, -0.2) is 0 Å². The first-order valence-electron chi connectivity index (χ1n) is 18.7. The standard InChI is InChI=1S/C53H36/c1-53(2)49-28-27-36(30-47(49)48-31-45-39-21-8-6-19-37(39)38-20-7-9-22-40(38)46(45)32-50(48)53)52-43-25-12-10-23-41(43)51(42-24-11-13-26-44(42)52)35-18-14-17-34(29-35)33-15-4-3-5-16-33/h3-32H,1-2H3. The zero-order valence-electron chi connectivity index (χ0n) is 29.8. The van der Waals surface area contributed by atoms with Crippen LogP contribution in [0.3, 0.4) is 0 Å². The van der Waals surface area contributed by atoms with Gasteiger partial charge in [0, 0.05) is 5.41 Å². The van der Waals surface area contributed by atoms with E-state index in [1.54, 1.807) is 0 Å². The predicted molar refractivity (Wildman–Crippen MR) is 228 cm³/mol. The first-order valence-corrected chi connectivity index (χ1v) is 18.7. The molecule has 0 bridgehead atoms. The number of benzene rings is 10. The van der Waals surface area contributed by atoms with Crippen LogP contribution in [0.4, 0.5) is 0 Å². The van der Waals surface area contributed by atoms with Gasteiger partial charge in [0.05, 0.1) is 0 Å². The maximum atomic E-state index is 2.50. The van der Waals surface area contributed by atoms with Crippen LogP contribution in [-0.4, -0.2) is 0 Å². The van der Waals surface area contributed by atoms with Crippen molar-refractivity contribution in [3.8, 4) is 44.5 Å². The van der Waals surface area contributed by atoms with Gasteiger partial charge in [0.1, 0.15) is 0 Å². The highest BCUT2D eigenvalue weighted by Crippen LogP contribution is 2.53. The first kappa shape index (κ1) is 30.2. The first-order chi connectivity index (χ1) is 26.1. The fraction of sp³-hybridized carbons (Fsp3) is 0.0566. The minimum absolute atomic E-state index is 0.123. The van der Waals surface area contributed by atoms with Crippen LogP contribution in [-0.2, 0) is 5.41 Å². The van der Waals surface area contributed by atoms with E-state index < -0.39 is 0 Å². The molecule has 0 radical (unpaired) electrons. The Labute approximate surface area is 309 Å². The predicted octanol–water partition coefficient (Wildman–Crippen LogP) is 14.8. The van der Waals surface area contributed by atoms with E-state index in [0.29, 0.717) is 0 Å². The summed E-state index contributed by atoms with van der Waals surface area (Å²) in [7, 11) is 0. The topological polar surface area (TPSA) is 0 Å². The van der Waals surface area contributed by atoms with Crippen LogP contribution in [0.2, 0.25) is 0 Å². The van der Waals surface area contributed by atoms with Gasteiger partial charge in [0.25, 0.3) is 0 Å². The molecule has 0 saturated carbocycles. The summed E-state index contributed by atoms with van der Waals surface area (Å²) < 4.78 is 0. The summed E-state index contributed by atoms with van der Waals surface area (Å²) in [6, 6.07) is 67.8. The Bertz CT molecular complexity index is 3070. The quantitative estimate of drug-likeness (QED) is 0.129. The Balaban J connectivity index is 1.17. The average molecular weight is 673 g/mol. The molecule has 0 unspecified atom stereocenters. The van der Waals surface area contributed by atoms with Crippen molar-refractivity contribution in [1.82, 2.24) is 0 Å². The Hall–Kier alpha value is -6.50. The molecule has 10 aromatic rings. The van der Waals surface area contributed by atoms with Crippen molar-refractivity contribution in [2.45, 2.75) is 19.3 Å². The van der Waals surface area contributed by atoms with Crippen LogP contribution in [0.1, 0.15) is 25.0 Å². The molecule has 1 aliphatic carbocycles. The summed E-state index contributed by atoms with van der Waals surface area (Å²) in [5.41, 5.74) is 12.9. The van der Waals surface area contributed by atoms with Crippen molar-refractivity contribution in [3.05, 3.63) is 193 Å². The van der Waals surface area contributed by atoms with Gasteiger partial charge < -0.3 is 0 Å². The number of rotatable bonds is 3. The molecule has 10 aromatic carbocycles. The van der Waals surface area contributed by atoms with Gasteiger partial charge in [-0.3, -0.25) is 0 Å². The van der Waals surface area contributed by atoms with Crippen molar-refractivity contribution in [1.29, 1.82) is 0 Å². The molecule has 1 aliphatic rings. The minimum Gasteiger partial charge on any atom is -0.0622 e. The normalized spacial score (nSPS) is 13.2. The molecule has 0 amide bonds. The molecule has 0 spiro atoms. The third kappa shape index (κ3) is 4.36. The van der Waals surface area contributed by atoms with Crippen LogP contribution in [0, 0.1) is 0 Å². The lowest BCUT2D eigenvalue weighted by Gasteiger charge is -2.23. The second-order valence-corrected chi connectivity index (χ2v) is 15.2. The smallest absolute Gasteiger partial charge is 0.0159 e. The molecule has 0 atom stereocenters.